The number of benzene rings is 1. The van der Waals surface area contributed by atoms with Crippen LogP contribution in [0.2, 0.25) is 0 Å². The first-order chi connectivity index (χ1) is 11.6. The second-order valence-corrected chi connectivity index (χ2v) is 7.54. The Bertz CT molecular complexity index is 828. The molecule has 0 aliphatic rings. The summed E-state index contributed by atoms with van der Waals surface area (Å²) in [4.78, 5) is 12.3. The maximum atomic E-state index is 12.3. The number of hydrogen-bond donors (Lipinski definition) is 1. The number of anilines is 1. The number of nitrogens with zero attached hydrogens (tertiary/aromatic N) is 2. The topological polar surface area (TPSA) is 68.0 Å². The molecule has 0 aliphatic carbocycles. The highest BCUT2D eigenvalue weighted by Gasteiger charge is 2.12. The number of aryl methyl sites for hydroxylation is 2. The van der Waals surface area contributed by atoms with Crippen molar-refractivity contribution in [3.63, 3.8) is 0 Å². The third kappa shape index (κ3) is 4.24. The van der Waals surface area contributed by atoms with Crippen molar-refractivity contribution in [3.05, 3.63) is 59.0 Å². The Kier molecular flexibility index (Phi) is 5.32. The number of Topliss-reactive ketones (excluding diaryl/α,β-unsaturated/α-hetero) is 1. The van der Waals surface area contributed by atoms with E-state index in [-0.39, 0.29) is 5.78 Å². The molecule has 24 heavy (non-hydrogen) atoms. The van der Waals surface area contributed by atoms with Gasteiger partial charge in [0.2, 0.25) is 5.13 Å². The summed E-state index contributed by atoms with van der Waals surface area (Å²) in [5.74, 6) is 1.30. The van der Waals surface area contributed by atoms with Gasteiger partial charge in [-0.25, -0.2) is 0 Å². The van der Waals surface area contributed by atoms with Gasteiger partial charge in [0.15, 0.2) is 10.1 Å². The van der Waals surface area contributed by atoms with Gasteiger partial charge < -0.3 is 9.73 Å². The summed E-state index contributed by atoms with van der Waals surface area (Å²) in [6.45, 7) is 4.55. The molecule has 0 atom stereocenters. The largest absolute Gasteiger partial charge is 0.467 e. The van der Waals surface area contributed by atoms with Crippen LogP contribution < -0.4 is 5.32 Å². The monoisotopic (exact) mass is 359 g/mol. The molecule has 0 radical (unpaired) electrons. The summed E-state index contributed by atoms with van der Waals surface area (Å²) in [7, 11) is 0. The summed E-state index contributed by atoms with van der Waals surface area (Å²) >= 11 is 2.85. The first-order valence-corrected chi connectivity index (χ1v) is 9.25. The molecule has 0 unspecified atom stereocenters. The van der Waals surface area contributed by atoms with Crippen LogP contribution in [-0.4, -0.2) is 21.7 Å². The molecule has 0 fully saturated rings. The number of carbonyl (C=O) groups excluding carboxylic acids is 1. The second kappa shape index (κ2) is 7.63. The molecule has 124 valence electrons. The van der Waals surface area contributed by atoms with Crippen molar-refractivity contribution < 1.29 is 9.21 Å². The van der Waals surface area contributed by atoms with Crippen LogP contribution in [0.15, 0.2) is 45.4 Å². The lowest BCUT2D eigenvalue weighted by atomic mass is 10.0. The van der Waals surface area contributed by atoms with Crippen molar-refractivity contribution in [1.82, 2.24) is 10.2 Å². The van der Waals surface area contributed by atoms with E-state index in [0.29, 0.717) is 17.4 Å². The molecule has 1 N–H and O–H groups in total. The highest BCUT2D eigenvalue weighted by molar-refractivity contribution is 8.01. The van der Waals surface area contributed by atoms with Gasteiger partial charge in [0.05, 0.1) is 18.6 Å². The Morgan fingerprint density at radius 1 is 1.29 bits per heavy atom. The summed E-state index contributed by atoms with van der Waals surface area (Å²) in [6.07, 6.45) is 1.64. The predicted octanol–water partition coefficient (Wildman–Crippen LogP) is 4.34. The summed E-state index contributed by atoms with van der Waals surface area (Å²) in [6, 6.07) is 9.62. The quantitative estimate of drug-likeness (QED) is 0.500. The summed E-state index contributed by atoms with van der Waals surface area (Å²) in [5, 5.41) is 12.1. The van der Waals surface area contributed by atoms with Crippen LogP contribution in [-0.2, 0) is 6.54 Å². The summed E-state index contributed by atoms with van der Waals surface area (Å²) < 4.78 is 6.03. The van der Waals surface area contributed by atoms with E-state index < -0.39 is 0 Å². The van der Waals surface area contributed by atoms with E-state index in [1.54, 1.807) is 6.26 Å². The van der Waals surface area contributed by atoms with Crippen LogP contribution >= 0.6 is 23.1 Å². The van der Waals surface area contributed by atoms with E-state index in [1.807, 2.05) is 44.2 Å². The van der Waals surface area contributed by atoms with Crippen LogP contribution in [0.1, 0.15) is 27.2 Å². The third-order valence-electron chi connectivity index (χ3n) is 3.41. The molecule has 0 saturated carbocycles. The van der Waals surface area contributed by atoms with E-state index >= 15 is 0 Å². The SMILES string of the molecule is Cc1ccc(C(=O)CSc2nnc(NCc3ccco3)s2)c(C)c1. The van der Waals surface area contributed by atoms with Gasteiger partial charge in [0.25, 0.3) is 0 Å². The number of nitrogens with one attached hydrogen (secondary N) is 1. The van der Waals surface area contributed by atoms with E-state index in [2.05, 4.69) is 15.5 Å². The minimum absolute atomic E-state index is 0.109. The first-order valence-electron chi connectivity index (χ1n) is 7.45. The number of furan rings is 1. The van der Waals surface area contributed by atoms with Gasteiger partial charge in [-0.05, 0) is 31.5 Å². The van der Waals surface area contributed by atoms with Gasteiger partial charge in [-0.3, -0.25) is 4.79 Å². The van der Waals surface area contributed by atoms with Gasteiger partial charge in [-0.15, -0.1) is 10.2 Å². The molecule has 0 aliphatic heterocycles. The maximum absolute atomic E-state index is 12.3. The highest BCUT2D eigenvalue weighted by atomic mass is 32.2. The standard InChI is InChI=1S/C17H17N3O2S2/c1-11-5-6-14(12(2)8-11)15(21)10-23-17-20-19-16(24-17)18-9-13-4-3-7-22-13/h3-8H,9-10H2,1-2H3,(H,18,19). The Hall–Kier alpha value is -2.12. The van der Waals surface area contributed by atoms with Crippen LogP contribution in [0.25, 0.3) is 0 Å². The molecule has 3 aromatic rings. The zero-order valence-electron chi connectivity index (χ0n) is 13.4. The molecule has 0 amide bonds. The van der Waals surface area contributed by atoms with Crippen LogP contribution in [0, 0.1) is 13.8 Å². The van der Waals surface area contributed by atoms with E-state index in [4.69, 9.17) is 4.42 Å². The fraction of sp³-hybridized carbons (Fsp3) is 0.235. The highest BCUT2D eigenvalue weighted by Crippen LogP contribution is 2.27. The van der Waals surface area contributed by atoms with E-state index in [0.717, 1.165) is 26.8 Å². The van der Waals surface area contributed by atoms with Crippen molar-refractivity contribution in [3.8, 4) is 0 Å². The third-order valence-corrected chi connectivity index (χ3v) is 5.42. The molecule has 0 saturated heterocycles. The number of aromatic nitrogens is 2. The Morgan fingerprint density at radius 3 is 2.92 bits per heavy atom. The smallest absolute Gasteiger partial charge is 0.206 e. The molecule has 2 heterocycles. The van der Waals surface area contributed by atoms with Crippen molar-refractivity contribution >= 4 is 34.0 Å². The normalized spacial score (nSPS) is 10.8. The molecule has 5 nitrogen and oxygen atoms in total. The molecular weight excluding hydrogens is 342 g/mol. The number of ketones is 1. The second-order valence-electron chi connectivity index (χ2n) is 5.34. The Morgan fingerprint density at radius 2 is 2.17 bits per heavy atom. The number of thioether (sulfide) groups is 1. The Balaban J connectivity index is 1.54. The Labute approximate surface area is 148 Å². The van der Waals surface area contributed by atoms with Crippen molar-refractivity contribution in [2.24, 2.45) is 0 Å². The van der Waals surface area contributed by atoms with Crippen LogP contribution in [0.5, 0.6) is 0 Å². The van der Waals surface area contributed by atoms with Crippen molar-refractivity contribution in [2.75, 3.05) is 11.1 Å². The lowest BCUT2D eigenvalue weighted by molar-refractivity contribution is 0.102. The lowest BCUT2D eigenvalue weighted by Gasteiger charge is -2.04. The van der Waals surface area contributed by atoms with Gasteiger partial charge in [-0.1, -0.05) is 46.9 Å². The average Bonchev–Trinajstić information content (AvgIpc) is 3.22. The zero-order chi connectivity index (χ0) is 16.9. The van der Waals surface area contributed by atoms with Gasteiger partial charge in [0, 0.05) is 5.56 Å². The molecule has 1 aromatic carbocycles. The minimum atomic E-state index is 0.109. The van der Waals surface area contributed by atoms with Gasteiger partial charge in [0.1, 0.15) is 5.76 Å². The average molecular weight is 359 g/mol. The fourth-order valence-corrected chi connectivity index (χ4v) is 3.88. The van der Waals surface area contributed by atoms with Crippen LogP contribution in [0.4, 0.5) is 5.13 Å². The molecule has 0 bridgehead atoms. The number of hydrogen-bond acceptors (Lipinski definition) is 7. The van der Waals surface area contributed by atoms with Crippen LogP contribution in [0.3, 0.4) is 0 Å². The van der Waals surface area contributed by atoms with E-state index in [1.165, 1.54) is 23.1 Å². The zero-order valence-corrected chi connectivity index (χ0v) is 15.0. The van der Waals surface area contributed by atoms with Gasteiger partial charge in [-0.2, -0.15) is 0 Å². The number of carbonyl (C=O) groups is 1. The van der Waals surface area contributed by atoms with E-state index in [9.17, 15) is 4.79 Å². The molecule has 2 aromatic heterocycles. The lowest BCUT2D eigenvalue weighted by Crippen LogP contribution is -2.04. The summed E-state index contributed by atoms with van der Waals surface area (Å²) in [5.41, 5.74) is 2.94. The molecular formula is C17H17N3O2S2. The molecule has 0 spiro atoms. The van der Waals surface area contributed by atoms with Crippen molar-refractivity contribution in [2.45, 2.75) is 24.7 Å². The van der Waals surface area contributed by atoms with Crippen molar-refractivity contribution in [1.29, 1.82) is 0 Å². The fourth-order valence-electron chi connectivity index (χ4n) is 2.25. The molecule has 3 rings (SSSR count). The first kappa shape index (κ1) is 16.7. The predicted molar refractivity (Wildman–Crippen MR) is 96.9 cm³/mol. The molecule has 7 heteroatoms. The van der Waals surface area contributed by atoms with Gasteiger partial charge >= 0.3 is 0 Å². The number of rotatable bonds is 7. The maximum Gasteiger partial charge on any atom is 0.206 e. The minimum Gasteiger partial charge on any atom is -0.467 e.